The molecule has 2 nitrogen and oxygen atoms in total. The Hall–Kier alpha value is -0.440. The maximum absolute atomic E-state index is 10.6. The summed E-state index contributed by atoms with van der Waals surface area (Å²) >= 11 is 16.5. The van der Waals surface area contributed by atoms with Crippen molar-refractivity contribution in [3.8, 4) is 5.75 Å². The van der Waals surface area contributed by atoms with E-state index in [0.717, 1.165) is 0 Å². The molecule has 0 saturated carbocycles. The van der Waals surface area contributed by atoms with Gasteiger partial charge in [0, 0.05) is 22.7 Å². The summed E-state index contributed by atoms with van der Waals surface area (Å²) in [7, 11) is 0. The molecule has 76 valence electrons. The van der Waals surface area contributed by atoms with Crippen LogP contribution in [0.5, 0.6) is 5.75 Å². The maximum atomic E-state index is 10.6. The van der Waals surface area contributed by atoms with Crippen molar-refractivity contribution in [3.05, 3.63) is 29.3 Å². The molecule has 0 spiro atoms. The van der Waals surface area contributed by atoms with Gasteiger partial charge in [-0.15, -0.1) is 23.2 Å². The summed E-state index contributed by atoms with van der Waals surface area (Å²) in [5.74, 6) is 0.839. The Morgan fingerprint density at radius 1 is 1.21 bits per heavy atom. The Kier molecular flexibility index (Phi) is 4.52. The molecule has 0 aliphatic rings. The molecule has 14 heavy (non-hydrogen) atoms. The third-order valence-corrected chi connectivity index (χ3v) is 2.30. The SMILES string of the molecule is O=C(Cl)Oc1c(CCl)cccc1CCl. The fourth-order valence-corrected chi connectivity index (χ4v) is 1.56. The molecule has 0 saturated heterocycles. The molecule has 0 atom stereocenters. The number of rotatable bonds is 3. The summed E-state index contributed by atoms with van der Waals surface area (Å²) in [6, 6.07) is 5.29. The third kappa shape index (κ3) is 2.77. The molecule has 0 fully saturated rings. The van der Waals surface area contributed by atoms with Crippen LogP contribution in [0.2, 0.25) is 0 Å². The molecule has 0 heterocycles. The Morgan fingerprint density at radius 2 is 1.71 bits per heavy atom. The van der Waals surface area contributed by atoms with Crippen LogP contribution in [-0.2, 0) is 11.8 Å². The zero-order chi connectivity index (χ0) is 10.6. The summed E-state index contributed by atoms with van der Waals surface area (Å²) in [6.07, 6.45) is 0. The van der Waals surface area contributed by atoms with Crippen molar-refractivity contribution < 1.29 is 9.53 Å². The van der Waals surface area contributed by atoms with E-state index in [9.17, 15) is 4.79 Å². The molecule has 1 aromatic rings. The number of benzene rings is 1. The van der Waals surface area contributed by atoms with E-state index in [1.807, 2.05) is 0 Å². The second kappa shape index (κ2) is 5.44. The van der Waals surface area contributed by atoms with Crippen LogP contribution in [0, 0.1) is 0 Å². The lowest BCUT2D eigenvalue weighted by molar-refractivity contribution is 0.225. The summed E-state index contributed by atoms with van der Waals surface area (Å²) in [5, 5.41) is 0. The van der Waals surface area contributed by atoms with Crippen molar-refractivity contribution in [2.24, 2.45) is 0 Å². The molecule has 1 aromatic carbocycles. The first-order chi connectivity index (χ1) is 6.69. The van der Waals surface area contributed by atoms with Crippen molar-refractivity contribution in [3.63, 3.8) is 0 Å². The summed E-state index contributed by atoms with van der Waals surface area (Å²) < 4.78 is 4.82. The van der Waals surface area contributed by atoms with Gasteiger partial charge in [0.15, 0.2) is 0 Å². The van der Waals surface area contributed by atoms with Gasteiger partial charge in [-0.05, 0) is 0 Å². The van der Waals surface area contributed by atoms with Gasteiger partial charge in [0.05, 0.1) is 11.8 Å². The molecular weight excluding hydrogens is 246 g/mol. The van der Waals surface area contributed by atoms with Crippen LogP contribution in [0.4, 0.5) is 4.79 Å². The number of para-hydroxylation sites is 1. The molecule has 0 N–H and O–H groups in total. The first-order valence-electron chi connectivity index (χ1n) is 3.79. The van der Waals surface area contributed by atoms with E-state index in [4.69, 9.17) is 39.5 Å². The highest BCUT2D eigenvalue weighted by atomic mass is 35.5. The van der Waals surface area contributed by atoms with Crippen LogP contribution in [0.15, 0.2) is 18.2 Å². The van der Waals surface area contributed by atoms with Crippen molar-refractivity contribution in [2.45, 2.75) is 11.8 Å². The summed E-state index contributed by atoms with van der Waals surface area (Å²) in [6.45, 7) is 0. The summed E-state index contributed by atoms with van der Waals surface area (Å²) in [5.41, 5.74) is 0.492. The molecule has 0 amide bonds. The standard InChI is InChI=1S/C9H7Cl3O2/c10-4-6-2-1-3-7(5-11)8(6)14-9(12)13/h1-3H,4-5H2. The highest BCUT2D eigenvalue weighted by Gasteiger charge is 2.11. The van der Waals surface area contributed by atoms with Crippen LogP contribution in [0.1, 0.15) is 11.1 Å². The maximum Gasteiger partial charge on any atom is 0.409 e. The smallest absolute Gasteiger partial charge is 0.409 e. The second-order valence-electron chi connectivity index (χ2n) is 2.51. The van der Waals surface area contributed by atoms with Gasteiger partial charge in [-0.2, -0.15) is 0 Å². The van der Waals surface area contributed by atoms with Gasteiger partial charge in [0.1, 0.15) is 5.75 Å². The van der Waals surface area contributed by atoms with E-state index in [1.165, 1.54) is 0 Å². The molecule has 0 unspecified atom stereocenters. The zero-order valence-electron chi connectivity index (χ0n) is 7.10. The van der Waals surface area contributed by atoms with Gasteiger partial charge >= 0.3 is 5.43 Å². The normalized spacial score (nSPS) is 9.93. The topological polar surface area (TPSA) is 26.3 Å². The average molecular weight is 254 g/mol. The quantitative estimate of drug-likeness (QED) is 0.603. The van der Waals surface area contributed by atoms with E-state index in [-0.39, 0.29) is 11.8 Å². The van der Waals surface area contributed by atoms with Gasteiger partial charge in [-0.25, -0.2) is 4.79 Å². The molecule has 0 aliphatic carbocycles. The van der Waals surface area contributed by atoms with Crippen molar-refractivity contribution in [1.29, 1.82) is 0 Å². The van der Waals surface area contributed by atoms with Crippen LogP contribution in [-0.4, -0.2) is 5.43 Å². The molecule has 0 aliphatic heterocycles. The van der Waals surface area contributed by atoms with Gasteiger partial charge in [0.2, 0.25) is 0 Å². The second-order valence-corrected chi connectivity index (χ2v) is 3.36. The minimum absolute atomic E-state index is 0.240. The van der Waals surface area contributed by atoms with Gasteiger partial charge in [-0.1, -0.05) is 18.2 Å². The van der Waals surface area contributed by atoms with Crippen molar-refractivity contribution >= 4 is 40.2 Å². The first kappa shape index (κ1) is 11.6. The average Bonchev–Trinajstić information content (AvgIpc) is 2.17. The number of carbonyl (C=O) groups excluding carboxylic acids is 1. The summed E-state index contributed by atoms with van der Waals surface area (Å²) in [4.78, 5) is 10.6. The van der Waals surface area contributed by atoms with Crippen molar-refractivity contribution in [2.75, 3.05) is 0 Å². The molecular formula is C9H7Cl3O2. The number of hydrogen-bond donors (Lipinski definition) is 0. The lowest BCUT2D eigenvalue weighted by Gasteiger charge is -2.09. The minimum Gasteiger partial charge on any atom is -0.414 e. The highest BCUT2D eigenvalue weighted by Crippen LogP contribution is 2.27. The highest BCUT2D eigenvalue weighted by molar-refractivity contribution is 6.61. The number of carbonyl (C=O) groups is 1. The predicted molar refractivity (Wildman–Crippen MR) is 57.4 cm³/mol. The minimum atomic E-state index is -0.895. The lowest BCUT2D eigenvalue weighted by atomic mass is 10.1. The third-order valence-electron chi connectivity index (χ3n) is 1.65. The van der Waals surface area contributed by atoms with Gasteiger partial charge in [-0.3, -0.25) is 0 Å². The monoisotopic (exact) mass is 252 g/mol. The Labute approximate surface area is 96.7 Å². The Morgan fingerprint density at radius 3 is 2.07 bits per heavy atom. The fourth-order valence-electron chi connectivity index (χ4n) is 1.06. The van der Waals surface area contributed by atoms with Gasteiger partial charge < -0.3 is 4.74 Å². The Balaban J connectivity index is 3.12. The van der Waals surface area contributed by atoms with Crippen LogP contribution in [0.25, 0.3) is 0 Å². The molecule has 0 bridgehead atoms. The number of halogens is 3. The number of alkyl halides is 2. The largest absolute Gasteiger partial charge is 0.414 e. The Bertz CT molecular complexity index is 317. The van der Waals surface area contributed by atoms with Crippen LogP contribution in [0.3, 0.4) is 0 Å². The van der Waals surface area contributed by atoms with E-state index >= 15 is 0 Å². The zero-order valence-corrected chi connectivity index (χ0v) is 9.36. The molecule has 1 rings (SSSR count). The van der Waals surface area contributed by atoms with Gasteiger partial charge in [0.25, 0.3) is 0 Å². The molecule has 0 radical (unpaired) electrons. The van der Waals surface area contributed by atoms with Crippen LogP contribution >= 0.6 is 34.8 Å². The van der Waals surface area contributed by atoms with E-state index in [1.54, 1.807) is 18.2 Å². The predicted octanol–water partition coefficient (Wildman–Crippen LogP) is 3.90. The van der Waals surface area contributed by atoms with E-state index in [0.29, 0.717) is 16.9 Å². The fraction of sp³-hybridized carbons (Fsp3) is 0.222. The van der Waals surface area contributed by atoms with E-state index < -0.39 is 5.43 Å². The van der Waals surface area contributed by atoms with Crippen LogP contribution < -0.4 is 4.74 Å². The van der Waals surface area contributed by atoms with Crippen molar-refractivity contribution in [1.82, 2.24) is 0 Å². The van der Waals surface area contributed by atoms with E-state index in [2.05, 4.69) is 0 Å². The molecule has 5 heteroatoms. The lowest BCUT2D eigenvalue weighted by Crippen LogP contribution is -2.02. The first-order valence-corrected chi connectivity index (χ1v) is 5.23. The number of hydrogen-bond acceptors (Lipinski definition) is 2. The molecule has 0 aromatic heterocycles. The number of ether oxygens (including phenoxy) is 1.